The zero-order chi connectivity index (χ0) is 12.5. The predicted molar refractivity (Wildman–Crippen MR) is 76.5 cm³/mol. The lowest BCUT2D eigenvalue weighted by molar-refractivity contribution is 0.402. The van der Waals surface area contributed by atoms with Crippen molar-refractivity contribution < 1.29 is 0 Å². The van der Waals surface area contributed by atoms with Gasteiger partial charge in [-0.05, 0) is 38.2 Å². The minimum Gasteiger partial charge on any atom is -0.385 e. The molecule has 0 unspecified atom stereocenters. The molecule has 0 saturated carbocycles. The molecule has 0 spiro atoms. The Morgan fingerprint density at radius 3 is 2.65 bits per heavy atom. The summed E-state index contributed by atoms with van der Waals surface area (Å²) in [6.45, 7) is 4.34. The highest BCUT2D eigenvalue weighted by Crippen LogP contribution is 2.12. The van der Waals surface area contributed by atoms with E-state index in [0.29, 0.717) is 0 Å². The average Bonchev–Trinajstić information content (AvgIpc) is 2.28. The van der Waals surface area contributed by atoms with Crippen LogP contribution in [0.5, 0.6) is 0 Å². The van der Waals surface area contributed by atoms with Crippen molar-refractivity contribution in [1.29, 1.82) is 0 Å². The van der Waals surface area contributed by atoms with E-state index in [-0.39, 0.29) is 0 Å². The van der Waals surface area contributed by atoms with Gasteiger partial charge >= 0.3 is 0 Å². The van der Waals surface area contributed by atoms with Crippen LogP contribution in [-0.2, 0) is 6.54 Å². The van der Waals surface area contributed by atoms with Crippen molar-refractivity contribution in [1.82, 2.24) is 4.90 Å². The first kappa shape index (κ1) is 14.0. The fourth-order valence-corrected chi connectivity index (χ4v) is 1.93. The summed E-state index contributed by atoms with van der Waals surface area (Å²) >= 11 is 0. The van der Waals surface area contributed by atoms with Gasteiger partial charge in [0.1, 0.15) is 0 Å². The summed E-state index contributed by atoms with van der Waals surface area (Å²) < 4.78 is 0. The number of rotatable bonds is 8. The van der Waals surface area contributed by atoms with Crippen LogP contribution in [0.15, 0.2) is 24.3 Å². The molecule has 0 atom stereocenters. The smallest absolute Gasteiger partial charge is 0.0343 e. The Labute approximate surface area is 106 Å². The van der Waals surface area contributed by atoms with E-state index in [9.17, 15) is 0 Å². The molecule has 0 bridgehead atoms. The molecule has 0 aliphatic carbocycles. The van der Waals surface area contributed by atoms with Gasteiger partial charge in [0.25, 0.3) is 0 Å². The van der Waals surface area contributed by atoms with Crippen molar-refractivity contribution >= 4 is 5.69 Å². The van der Waals surface area contributed by atoms with Gasteiger partial charge in [-0.3, -0.25) is 0 Å². The van der Waals surface area contributed by atoms with Gasteiger partial charge in [0.2, 0.25) is 0 Å². The molecule has 1 aromatic rings. The summed E-state index contributed by atoms with van der Waals surface area (Å²) in [4.78, 5) is 2.19. The van der Waals surface area contributed by atoms with Crippen LogP contribution >= 0.6 is 0 Å². The number of benzene rings is 1. The Hall–Kier alpha value is -1.02. The van der Waals surface area contributed by atoms with E-state index in [1.54, 1.807) is 0 Å². The van der Waals surface area contributed by atoms with Crippen molar-refractivity contribution in [2.45, 2.75) is 39.2 Å². The molecule has 96 valence electrons. The maximum absolute atomic E-state index is 3.50. The van der Waals surface area contributed by atoms with E-state index in [1.165, 1.54) is 36.9 Å². The predicted octanol–water partition coefficient (Wildman–Crippen LogP) is 3.74. The van der Waals surface area contributed by atoms with Gasteiger partial charge in [0.05, 0.1) is 0 Å². The SMILES string of the molecule is CCCCCCNc1cccc(CN(C)C)c1. The summed E-state index contributed by atoms with van der Waals surface area (Å²) in [5, 5.41) is 3.50. The lowest BCUT2D eigenvalue weighted by Crippen LogP contribution is -2.11. The lowest BCUT2D eigenvalue weighted by atomic mass is 10.2. The Bertz CT molecular complexity index is 308. The molecule has 0 radical (unpaired) electrons. The summed E-state index contributed by atoms with van der Waals surface area (Å²) in [5.74, 6) is 0. The Morgan fingerprint density at radius 2 is 1.94 bits per heavy atom. The summed E-state index contributed by atoms with van der Waals surface area (Å²) in [5.41, 5.74) is 2.62. The zero-order valence-corrected chi connectivity index (χ0v) is 11.5. The molecular weight excluding hydrogens is 208 g/mol. The largest absolute Gasteiger partial charge is 0.385 e. The average molecular weight is 234 g/mol. The second kappa shape index (κ2) is 8.13. The van der Waals surface area contributed by atoms with Crippen LogP contribution in [0.4, 0.5) is 5.69 Å². The minimum atomic E-state index is 1.01. The quantitative estimate of drug-likeness (QED) is 0.689. The van der Waals surface area contributed by atoms with Crippen molar-refractivity contribution in [3.05, 3.63) is 29.8 Å². The third-order valence-corrected chi connectivity index (χ3v) is 2.79. The maximum atomic E-state index is 3.50. The Balaban J connectivity index is 2.32. The van der Waals surface area contributed by atoms with E-state index in [1.807, 2.05) is 0 Å². The van der Waals surface area contributed by atoms with E-state index >= 15 is 0 Å². The molecule has 0 aliphatic heterocycles. The van der Waals surface area contributed by atoms with E-state index in [0.717, 1.165) is 13.1 Å². The normalized spacial score (nSPS) is 10.8. The topological polar surface area (TPSA) is 15.3 Å². The molecular formula is C15H26N2. The summed E-state index contributed by atoms with van der Waals surface area (Å²) in [6.07, 6.45) is 5.26. The van der Waals surface area contributed by atoms with Gasteiger partial charge < -0.3 is 10.2 Å². The van der Waals surface area contributed by atoms with Crippen LogP contribution in [0.3, 0.4) is 0 Å². The monoisotopic (exact) mass is 234 g/mol. The highest BCUT2D eigenvalue weighted by molar-refractivity contribution is 5.45. The van der Waals surface area contributed by atoms with Crippen LogP contribution in [0.2, 0.25) is 0 Å². The van der Waals surface area contributed by atoms with Crippen LogP contribution < -0.4 is 5.32 Å². The molecule has 2 nitrogen and oxygen atoms in total. The molecule has 0 fully saturated rings. The van der Waals surface area contributed by atoms with E-state index in [4.69, 9.17) is 0 Å². The van der Waals surface area contributed by atoms with Crippen molar-refractivity contribution in [3.63, 3.8) is 0 Å². The first-order valence-corrected chi connectivity index (χ1v) is 6.70. The van der Waals surface area contributed by atoms with Gasteiger partial charge in [-0.2, -0.15) is 0 Å². The Kier molecular flexibility index (Phi) is 6.71. The molecule has 1 N–H and O–H groups in total. The summed E-state index contributed by atoms with van der Waals surface area (Å²) in [7, 11) is 4.20. The number of hydrogen-bond acceptors (Lipinski definition) is 2. The van der Waals surface area contributed by atoms with Gasteiger partial charge in [-0.15, -0.1) is 0 Å². The number of nitrogens with zero attached hydrogens (tertiary/aromatic N) is 1. The molecule has 2 heteroatoms. The fourth-order valence-electron chi connectivity index (χ4n) is 1.93. The minimum absolute atomic E-state index is 1.01. The van der Waals surface area contributed by atoms with E-state index in [2.05, 4.69) is 55.5 Å². The molecule has 0 aromatic heterocycles. The third kappa shape index (κ3) is 6.32. The lowest BCUT2D eigenvalue weighted by Gasteiger charge is -2.12. The third-order valence-electron chi connectivity index (χ3n) is 2.79. The van der Waals surface area contributed by atoms with E-state index < -0.39 is 0 Å². The highest BCUT2D eigenvalue weighted by Gasteiger charge is 1.97. The van der Waals surface area contributed by atoms with Crippen molar-refractivity contribution in [3.8, 4) is 0 Å². The second-order valence-electron chi connectivity index (χ2n) is 4.93. The van der Waals surface area contributed by atoms with Crippen molar-refractivity contribution in [2.75, 3.05) is 26.0 Å². The van der Waals surface area contributed by atoms with Crippen LogP contribution in [0, 0.1) is 0 Å². The molecule has 0 heterocycles. The highest BCUT2D eigenvalue weighted by atomic mass is 15.0. The molecule has 0 saturated heterocycles. The molecule has 1 rings (SSSR count). The Morgan fingerprint density at radius 1 is 1.12 bits per heavy atom. The molecule has 0 amide bonds. The first-order chi connectivity index (χ1) is 8.22. The maximum Gasteiger partial charge on any atom is 0.0343 e. The van der Waals surface area contributed by atoms with Gasteiger partial charge in [-0.1, -0.05) is 38.3 Å². The number of unbranched alkanes of at least 4 members (excludes halogenated alkanes) is 3. The van der Waals surface area contributed by atoms with Crippen LogP contribution in [0.1, 0.15) is 38.2 Å². The van der Waals surface area contributed by atoms with Gasteiger partial charge in [0, 0.05) is 18.8 Å². The number of anilines is 1. The summed E-state index contributed by atoms with van der Waals surface area (Å²) in [6, 6.07) is 8.72. The number of hydrogen-bond donors (Lipinski definition) is 1. The number of nitrogens with one attached hydrogen (secondary N) is 1. The first-order valence-electron chi connectivity index (χ1n) is 6.70. The van der Waals surface area contributed by atoms with Gasteiger partial charge in [-0.25, -0.2) is 0 Å². The van der Waals surface area contributed by atoms with Crippen LogP contribution in [-0.4, -0.2) is 25.5 Å². The fraction of sp³-hybridized carbons (Fsp3) is 0.600. The second-order valence-corrected chi connectivity index (χ2v) is 4.93. The van der Waals surface area contributed by atoms with Gasteiger partial charge in [0.15, 0.2) is 0 Å². The standard InChI is InChI=1S/C15H26N2/c1-4-5-6-7-11-16-15-10-8-9-14(12-15)13-17(2)3/h8-10,12,16H,4-7,11,13H2,1-3H3. The molecule has 0 aliphatic rings. The zero-order valence-electron chi connectivity index (χ0n) is 11.5. The molecule has 1 aromatic carbocycles. The van der Waals surface area contributed by atoms with Crippen molar-refractivity contribution in [2.24, 2.45) is 0 Å². The van der Waals surface area contributed by atoms with Crippen LogP contribution in [0.25, 0.3) is 0 Å². The molecule has 17 heavy (non-hydrogen) atoms.